The van der Waals surface area contributed by atoms with Gasteiger partial charge in [0.15, 0.2) is 6.04 Å². The van der Waals surface area contributed by atoms with Gasteiger partial charge in [0.2, 0.25) is 5.89 Å². The van der Waals surface area contributed by atoms with Gasteiger partial charge in [0.25, 0.3) is 11.6 Å². The van der Waals surface area contributed by atoms with Crippen LogP contribution < -0.4 is 5.32 Å². The van der Waals surface area contributed by atoms with E-state index in [1.54, 1.807) is 12.1 Å². The molecule has 3 rings (SSSR count). The minimum absolute atomic E-state index is 0.0269. The van der Waals surface area contributed by atoms with Crippen LogP contribution in [0.5, 0.6) is 0 Å². The van der Waals surface area contributed by atoms with E-state index in [1.165, 1.54) is 23.3 Å². The van der Waals surface area contributed by atoms with Gasteiger partial charge in [-0.1, -0.05) is 52.0 Å². The summed E-state index contributed by atoms with van der Waals surface area (Å²) in [5.41, 5.74) is 3.34. The largest absolute Gasteiger partial charge is 0.415 e. The molecule has 0 bridgehead atoms. The van der Waals surface area contributed by atoms with Crippen LogP contribution in [-0.2, 0) is 0 Å². The summed E-state index contributed by atoms with van der Waals surface area (Å²) in [5, 5.41) is 21.5. The number of benzene rings is 2. The lowest BCUT2D eigenvalue weighted by Crippen LogP contribution is -2.86. The lowest BCUT2D eigenvalue weighted by atomic mass is 9.92. The van der Waals surface area contributed by atoms with Gasteiger partial charge < -0.3 is 9.73 Å². The van der Waals surface area contributed by atoms with E-state index < -0.39 is 4.92 Å². The molecule has 2 N–H and O–H groups in total. The van der Waals surface area contributed by atoms with Crippen molar-refractivity contribution >= 4 is 5.69 Å². The van der Waals surface area contributed by atoms with Gasteiger partial charge in [-0.3, -0.25) is 10.1 Å². The molecular formula is C24H31N4O3+. The Hall–Kier alpha value is -3.06. The monoisotopic (exact) mass is 423 g/mol. The molecule has 31 heavy (non-hydrogen) atoms. The summed E-state index contributed by atoms with van der Waals surface area (Å²) < 4.78 is 5.89. The number of nitro groups is 1. The van der Waals surface area contributed by atoms with Crippen LogP contribution in [0.4, 0.5) is 5.69 Å². The van der Waals surface area contributed by atoms with Crippen molar-refractivity contribution in [3.05, 3.63) is 75.7 Å². The van der Waals surface area contributed by atoms with Crippen molar-refractivity contribution in [2.75, 3.05) is 0 Å². The predicted octanol–water partition coefficient (Wildman–Crippen LogP) is 5.18. The van der Waals surface area contributed by atoms with Crippen LogP contribution in [0, 0.1) is 16.0 Å². The third kappa shape index (κ3) is 5.35. The average Bonchev–Trinajstić information content (AvgIpc) is 3.27. The smallest absolute Gasteiger partial charge is 0.274 e. The van der Waals surface area contributed by atoms with Crippen molar-refractivity contribution in [3.8, 4) is 11.5 Å². The molecule has 0 aliphatic rings. The molecule has 0 saturated heterocycles. The highest BCUT2D eigenvalue weighted by Gasteiger charge is 2.26. The SMILES string of the molecule is CC[C@@H](C)c1ccc([C@@H]([NH2+][C@@H](C)c2nnc(-c3ccc([N+](=O)[O-])cc3)o2)C(C)C)cc1. The summed E-state index contributed by atoms with van der Waals surface area (Å²) in [6.07, 6.45) is 1.13. The number of hydrogen-bond donors (Lipinski definition) is 1. The Morgan fingerprint density at radius 3 is 2.13 bits per heavy atom. The predicted molar refractivity (Wildman–Crippen MR) is 119 cm³/mol. The van der Waals surface area contributed by atoms with Gasteiger partial charge in [-0.15, -0.1) is 10.2 Å². The molecular weight excluding hydrogens is 392 g/mol. The fraction of sp³-hybridized carbons (Fsp3) is 0.417. The summed E-state index contributed by atoms with van der Waals surface area (Å²) in [4.78, 5) is 10.4. The second-order valence-corrected chi connectivity index (χ2v) is 8.48. The lowest BCUT2D eigenvalue weighted by molar-refractivity contribution is -0.739. The summed E-state index contributed by atoms with van der Waals surface area (Å²) in [7, 11) is 0. The standard InChI is InChI=1S/C24H30N4O3/c1-6-16(4)18-7-9-19(10-8-18)22(15(2)3)25-17(5)23-26-27-24(31-23)20-11-13-21(14-12-20)28(29)30/h7-17,22,25H,6H2,1-5H3/p+1/t16-,17+,22+/m1/s1. The Kier molecular flexibility index (Phi) is 7.17. The van der Waals surface area contributed by atoms with Crippen LogP contribution in [-0.4, -0.2) is 15.1 Å². The summed E-state index contributed by atoms with van der Waals surface area (Å²) in [5.74, 6) is 1.89. The first kappa shape index (κ1) is 22.6. The minimum Gasteiger partial charge on any atom is -0.415 e. The molecule has 0 spiro atoms. The number of nitrogens with zero attached hydrogens (tertiary/aromatic N) is 3. The molecule has 0 saturated carbocycles. The van der Waals surface area contributed by atoms with Crippen LogP contribution in [0.15, 0.2) is 52.9 Å². The highest BCUT2D eigenvalue weighted by atomic mass is 16.6. The van der Waals surface area contributed by atoms with Gasteiger partial charge in [-0.2, -0.15) is 0 Å². The van der Waals surface area contributed by atoms with Gasteiger partial charge in [0, 0.05) is 29.2 Å². The maximum absolute atomic E-state index is 10.8. The van der Waals surface area contributed by atoms with Crippen LogP contribution >= 0.6 is 0 Å². The first-order valence-corrected chi connectivity index (χ1v) is 10.8. The Labute approximate surface area is 183 Å². The van der Waals surface area contributed by atoms with Crippen LogP contribution in [0.2, 0.25) is 0 Å². The molecule has 164 valence electrons. The number of aromatic nitrogens is 2. The molecule has 0 radical (unpaired) electrons. The Morgan fingerprint density at radius 2 is 1.58 bits per heavy atom. The summed E-state index contributed by atoms with van der Waals surface area (Å²) >= 11 is 0. The second kappa shape index (κ2) is 9.83. The Bertz CT molecular complexity index is 996. The summed E-state index contributed by atoms with van der Waals surface area (Å²) in [6.45, 7) is 10.9. The van der Waals surface area contributed by atoms with Crippen molar-refractivity contribution in [1.29, 1.82) is 0 Å². The molecule has 1 heterocycles. The van der Waals surface area contributed by atoms with Crippen LogP contribution in [0.3, 0.4) is 0 Å². The molecule has 7 heteroatoms. The highest BCUT2D eigenvalue weighted by molar-refractivity contribution is 5.55. The van der Waals surface area contributed by atoms with Crippen molar-refractivity contribution < 1.29 is 14.7 Å². The Morgan fingerprint density at radius 1 is 0.968 bits per heavy atom. The van der Waals surface area contributed by atoms with E-state index in [0.29, 0.717) is 29.2 Å². The minimum atomic E-state index is -0.429. The number of non-ortho nitro benzene ring substituents is 1. The molecule has 0 unspecified atom stereocenters. The van der Waals surface area contributed by atoms with Crippen molar-refractivity contribution in [1.82, 2.24) is 10.2 Å². The summed E-state index contributed by atoms with van der Waals surface area (Å²) in [6, 6.07) is 15.3. The van der Waals surface area contributed by atoms with E-state index in [1.807, 2.05) is 0 Å². The lowest BCUT2D eigenvalue weighted by Gasteiger charge is -2.22. The molecule has 0 aliphatic carbocycles. The molecule has 0 aliphatic heterocycles. The molecule has 0 fully saturated rings. The van der Waals surface area contributed by atoms with Gasteiger partial charge in [-0.05, 0) is 37.0 Å². The molecule has 2 aromatic carbocycles. The molecule has 3 aromatic rings. The van der Waals surface area contributed by atoms with Gasteiger partial charge in [0.1, 0.15) is 6.04 Å². The van der Waals surface area contributed by atoms with E-state index in [4.69, 9.17) is 4.42 Å². The van der Waals surface area contributed by atoms with E-state index in [2.05, 4.69) is 74.4 Å². The van der Waals surface area contributed by atoms with E-state index >= 15 is 0 Å². The average molecular weight is 424 g/mol. The van der Waals surface area contributed by atoms with E-state index in [0.717, 1.165) is 6.42 Å². The van der Waals surface area contributed by atoms with Crippen molar-refractivity contribution in [2.24, 2.45) is 5.92 Å². The van der Waals surface area contributed by atoms with E-state index in [9.17, 15) is 10.1 Å². The molecule has 7 nitrogen and oxygen atoms in total. The zero-order valence-electron chi connectivity index (χ0n) is 18.8. The van der Waals surface area contributed by atoms with Gasteiger partial charge >= 0.3 is 0 Å². The quantitative estimate of drug-likeness (QED) is 0.378. The Balaban J connectivity index is 1.74. The fourth-order valence-corrected chi connectivity index (χ4v) is 3.65. The second-order valence-electron chi connectivity index (χ2n) is 8.48. The first-order chi connectivity index (χ1) is 14.8. The maximum Gasteiger partial charge on any atom is 0.274 e. The van der Waals surface area contributed by atoms with Crippen molar-refractivity contribution in [3.63, 3.8) is 0 Å². The van der Waals surface area contributed by atoms with Crippen LogP contribution in [0.25, 0.3) is 11.5 Å². The number of nitrogens with two attached hydrogens (primary N) is 1. The topological polar surface area (TPSA) is 98.7 Å². The zero-order chi connectivity index (χ0) is 22.5. The van der Waals surface area contributed by atoms with Crippen LogP contribution in [0.1, 0.15) is 76.1 Å². The van der Waals surface area contributed by atoms with Gasteiger partial charge in [-0.25, -0.2) is 0 Å². The third-order valence-electron chi connectivity index (χ3n) is 5.87. The fourth-order valence-electron chi connectivity index (χ4n) is 3.65. The third-order valence-corrected chi connectivity index (χ3v) is 5.87. The highest BCUT2D eigenvalue weighted by Crippen LogP contribution is 2.25. The molecule has 1 aromatic heterocycles. The molecule has 3 atom stereocenters. The number of hydrogen-bond acceptors (Lipinski definition) is 5. The van der Waals surface area contributed by atoms with Crippen molar-refractivity contribution in [2.45, 2.75) is 59.0 Å². The van der Waals surface area contributed by atoms with E-state index in [-0.39, 0.29) is 17.8 Å². The molecule has 0 amide bonds. The first-order valence-electron chi connectivity index (χ1n) is 10.8. The zero-order valence-corrected chi connectivity index (χ0v) is 18.8. The number of rotatable bonds is 9. The number of quaternary nitrogens is 1. The number of nitro benzene ring substituents is 1. The maximum atomic E-state index is 10.8. The van der Waals surface area contributed by atoms with Gasteiger partial charge in [0.05, 0.1) is 4.92 Å². The normalized spacial score (nSPS) is 14.4.